The molecule has 1 aromatic rings. The van der Waals surface area contributed by atoms with Gasteiger partial charge in [-0.3, -0.25) is 10.1 Å². The van der Waals surface area contributed by atoms with Crippen molar-refractivity contribution in [1.82, 2.24) is 5.32 Å². The molecule has 1 aliphatic heterocycles. The number of quaternary nitrogens is 1. The van der Waals surface area contributed by atoms with E-state index >= 15 is 0 Å². The third-order valence-electron chi connectivity index (χ3n) is 4.83. The first-order valence-corrected chi connectivity index (χ1v) is 9.97. The van der Waals surface area contributed by atoms with Crippen LogP contribution < -0.4 is 15.5 Å². The predicted octanol–water partition coefficient (Wildman–Crippen LogP) is 2.61. The van der Waals surface area contributed by atoms with E-state index in [1.807, 2.05) is 20.8 Å². The second-order valence-electron chi connectivity index (χ2n) is 8.37. The minimum absolute atomic E-state index is 0.0829. The van der Waals surface area contributed by atoms with Gasteiger partial charge in [0, 0.05) is 24.2 Å². The minimum atomic E-state index is -0.544. The fourth-order valence-corrected chi connectivity index (χ4v) is 3.37. The van der Waals surface area contributed by atoms with Crippen molar-refractivity contribution in [2.75, 3.05) is 25.0 Å². The number of carbonyl (C=O) groups excluding carboxylic acids is 2. The number of hydrogen-bond acceptors (Lipinski definition) is 3. The van der Waals surface area contributed by atoms with E-state index in [0.29, 0.717) is 17.8 Å². The molecule has 1 unspecified atom stereocenters. The van der Waals surface area contributed by atoms with Crippen molar-refractivity contribution in [2.45, 2.75) is 65.0 Å². The summed E-state index contributed by atoms with van der Waals surface area (Å²) >= 11 is 0. The first-order chi connectivity index (χ1) is 12.7. The monoisotopic (exact) mass is 376 g/mol. The van der Waals surface area contributed by atoms with Crippen molar-refractivity contribution in [3.63, 3.8) is 0 Å². The number of amides is 2. The van der Waals surface area contributed by atoms with Crippen LogP contribution in [0.25, 0.3) is 0 Å². The predicted molar refractivity (Wildman–Crippen MR) is 107 cm³/mol. The summed E-state index contributed by atoms with van der Waals surface area (Å²) in [5, 5.41) is 5.64. The van der Waals surface area contributed by atoms with E-state index in [0.717, 1.165) is 19.0 Å². The third kappa shape index (κ3) is 7.59. The topological polar surface area (TPSA) is 71.9 Å². The first-order valence-electron chi connectivity index (χ1n) is 9.97. The summed E-state index contributed by atoms with van der Waals surface area (Å²) in [6, 6.07) is 7.57. The molecule has 150 valence electrons. The average Bonchev–Trinajstić information content (AvgIpc) is 2.59. The van der Waals surface area contributed by atoms with Crippen molar-refractivity contribution in [1.29, 1.82) is 0 Å². The zero-order valence-electron chi connectivity index (χ0n) is 17.1. The van der Waals surface area contributed by atoms with Gasteiger partial charge in [0.2, 0.25) is 0 Å². The number of hydrogen-bond donors (Lipinski definition) is 3. The largest absolute Gasteiger partial charge is 0.444 e. The van der Waals surface area contributed by atoms with Crippen LogP contribution in [0.15, 0.2) is 24.3 Å². The number of nitrogens with one attached hydrogen (secondary N) is 3. The molecule has 3 N–H and O–H groups in total. The standard InChI is InChI=1S/C21H33N3O3/c1-16-8-5-6-14-24(16)15-7-13-22-19(25)17-9-11-18(12-10-17)23-20(26)27-21(2,3)4/h9-12,16H,5-8,13-15H2,1-4H3,(H,22,25)(H,23,26)/p+1/t16-/m1/s1. The average molecular weight is 377 g/mol. The van der Waals surface area contributed by atoms with Crippen molar-refractivity contribution < 1.29 is 19.2 Å². The number of carbonyl (C=O) groups is 2. The van der Waals surface area contributed by atoms with E-state index in [4.69, 9.17) is 4.74 Å². The molecule has 6 heteroatoms. The molecule has 0 saturated carbocycles. The summed E-state index contributed by atoms with van der Waals surface area (Å²) in [6.45, 7) is 10.8. The smallest absolute Gasteiger partial charge is 0.412 e. The Morgan fingerprint density at radius 3 is 2.52 bits per heavy atom. The highest BCUT2D eigenvalue weighted by Gasteiger charge is 2.21. The Kier molecular flexibility index (Phi) is 7.66. The Bertz CT molecular complexity index is 623. The van der Waals surface area contributed by atoms with Crippen molar-refractivity contribution in [3.8, 4) is 0 Å². The van der Waals surface area contributed by atoms with Crippen LogP contribution >= 0.6 is 0 Å². The highest BCUT2D eigenvalue weighted by molar-refractivity contribution is 5.95. The molecule has 0 radical (unpaired) electrons. The van der Waals surface area contributed by atoms with Gasteiger partial charge in [0.15, 0.2) is 0 Å². The molecule has 2 rings (SSSR count). The molecular weight excluding hydrogens is 342 g/mol. The molecule has 6 nitrogen and oxygen atoms in total. The van der Waals surface area contributed by atoms with Gasteiger partial charge in [0.25, 0.3) is 5.91 Å². The fourth-order valence-electron chi connectivity index (χ4n) is 3.37. The lowest BCUT2D eigenvalue weighted by Gasteiger charge is -2.30. The number of anilines is 1. The molecule has 0 bridgehead atoms. The molecule has 1 aromatic carbocycles. The van der Waals surface area contributed by atoms with Gasteiger partial charge in [-0.25, -0.2) is 4.79 Å². The number of benzene rings is 1. The highest BCUT2D eigenvalue weighted by Crippen LogP contribution is 2.13. The molecule has 0 aliphatic carbocycles. The molecule has 2 atom stereocenters. The maximum absolute atomic E-state index is 12.3. The molecule has 2 amide bonds. The molecule has 1 heterocycles. The van der Waals surface area contributed by atoms with Crippen molar-refractivity contribution in [3.05, 3.63) is 29.8 Å². The van der Waals surface area contributed by atoms with Crippen LogP contribution in [-0.4, -0.2) is 43.3 Å². The van der Waals surface area contributed by atoms with Gasteiger partial charge in [0.1, 0.15) is 5.60 Å². The lowest BCUT2D eigenvalue weighted by atomic mass is 10.0. The SMILES string of the molecule is C[C@@H]1CCCC[NH+]1CCCNC(=O)c1ccc(NC(=O)OC(C)(C)C)cc1. The van der Waals surface area contributed by atoms with Gasteiger partial charge in [-0.1, -0.05) is 0 Å². The molecule has 0 spiro atoms. The van der Waals surface area contributed by atoms with Gasteiger partial charge in [0.05, 0.1) is 19.1 Å². The maximum atomic E-state index is 12.3. The van der Waals surface area contributed by atoms with Crippen LogP contribution in [-0.2, 0) is 4.74 Å². The van der Waals surface area contributed by atoms with E-state index in [2.05, 4.69) is 17.6 Å². The molecule has 27 heavy (non-hydrogen) atoms. The van der Waals surface area contributed by atoms with Crippen molar-refractivity contribution in [2.24, 2.45) is 0 Å². The van der Waals surface area contributed by atoms with Gasteiger partial charge in [-0.05, 0) is 71.2 Å². The van der Waals surface area contributed by atoms with Gasteiger partial charge in [-0.2, -0.15) is 0 Å². The van der Waals surface area contributed by atoms with Gasteiger partial charge in [-0.15, -0.1) is 0 Å². The molecule has 1 aliphatic rings. The summed E-state index contributed by atoms with van der Waals surface area (Å²) in [5.41, 5.74) is 0.643. The maximum Gasteiger partial charge on any atom is 0.412 e. The second kappa shape index (κ2) is 9.74. The number of piperidine rings is 1. The van der Waals surface area contributed by atoms with Crippen LogP contribution in [0.4, 0.5) is 10.5 Å². The fraction of sp³-hybridized carbons (Fsp3) is 0.619. The van der Waals surface area contributed by atoms with E-state index in [9.17, 15) is 9.59 Å². The lowest BCUT2D eigenvalue weighted by molar-refractivity contribution is -0.928. The summed E-state index contributed by atoms with van der Waals surface area (Å²) in [6.07, 6.45) is 4.46. The summed E-state index contributed by atoms with van der Waals surface area (Å²) in [7, 11) is 0. The summed E-state index contributed by atoms with van der Waals surface area (Å²) in [5.74, 6) is -0.0829. The second-order valence-corrected chi connectivity index (χ2v) is 8.37. The zero-order chi connectivity index (χ0) is 19.9. The minimum Gasteiger partial charge on any atom is -0.444 e. The Morgan fingerprint density at radius 1 is 1.19 bits per heavy atom. The van der Waals surface area contributed by atoms with E-state index < -0.39 is 11.7 Å². The zero-order valence-corrected chi connectivity index (χ0v) is 17.1. The molecule has 1 fully saturated rings. The third-order valence-corrected chi connectivity index (χ3v) is 4.83. The van der Waals surface area contributed by atoms with Crippen LogP contribution in [0.3, 0.4) is 0 Å². The summed E-state index contributed by atoms with van der Waals surface area (Å²) in [4.78, 5) is 25.7. The van der Waals surface area contributed by atoms with E-state index in [1.54, 1.807) is 29.2 Å². The van der Waals surface area contributed by atoms with Crippen LogP contribution in [0.2, 0.25) is 0 Å². The highest BCUT2D eigenvalue weighted by atomic mass is 16.6. The van der Waals surface area contributed by atoms with E-state index in [-0.39, 0.29) is 5.91 Å². The Balaban J connectivity index is 1.72. The number of rotatable bonds is 6. The molecule has 1 saturated heterocycles. The number of likely N-dealkylation sites (tertiary alicyclic amines) is 1. The first kappa shape index (κ1) is 21.2. The van der Waals surface area contributed by atoms with Crippen LogP contribution in [0.1, 0.15) is 63.7 Å². The molecule has 0 aromatic heterocycles. The van der Waals surface area contributed by atoms with E-state index in [1.165, 1.54) is 25.8 Å². The normalized spacial score (nSPS) is 20.0. The quantitative estimate of drug-likeness (QED) is 0.669. The molecular formula is C21H34N3O3+. The van der Waals surface area contributed by atoms with Gasteiger partial charge < -0.3 is 15.0 Å². The van der Waals surface area contributed by atoms with Crippen LogP contribution in [0.5, 0.6) is 0 Å². The van der Waals surface area contributed by atoms with Crippen molar-refractivity contribution >= 4 is 17.7 Å². The summed E-state index contributed by atoms with van der Waals surface area (Å²) < 4.78 is 5.21. The lowest BCUT2D eigenvalue weighted by Crippen LogP contribution is -3.16. The Morgan fingerprint density at radius 2 is 1.89 bits per heavy atom. The Hall–Kier alpha value is -2.08. The number of ether oxygens (including phenoxy) is 1. The van der Waals surface area contributed by atoms with Crippen LogP contribution in [0, 0.1) is 0 Å². The van der Waals surface area contributed by atoms with Gasteiger partial charge >= 0.3 is 6.09 Å². The Labute approximate surface area is 162 Å².